The second kappa shape index (κ2) is 8.96. The van der Waals surface area contributed by atoms with Gasteiger partial charge in [0.2, 0.25) is 0 Å². The Hall–Kier alpha value is -2.73. The van der Waals surface area contributed by atoms with Crippen LogP contribution in [-0.4, -0.2) is 29.5 Å². The average Bonchev–Trinajstić information content (AvgIpc) is 3.29. The van der Waals surface area contributed by atoms with Gasteiger partial charge in [0, 0.05) is 11.4 Å². The summed E-state index contributed by atoms with van der Waals surface area (Å²) in [5.74, 6) is 0.263. The predicted molar refractivity (Wildman–Crippen MR) is 119 cm³/mol. The Morgan fingerprint density at radius 3 is 2.80 bits per heavy atom. The van der Waals surface area contributed by atoms with Crippen molar-refractivity contribution in [3.05, 3.63) is 53.4 Å². The van der Waals surface area contributed by atoms with Gasteiger partial charge < -0.3 is 10.1 Å². The topological polar surface area (TPSA) is 68.3 Å². The number of esters is 1. The Balaban J connectivity index is 1.48. The minimum atomic E-state index is -0.508. The summed E-state index contributed by atoms with van der Waals surface area (Å²) in [7, 11) is 0. The third kappa shape index (κ3) is 4.38. The molecule has 0 unspecified atom stereocenters. The molecule has 30 heavy (non-hydrogen) atoms. The zero-order valence-electron chi connectivity index (χ0n) is 17.3. The number of ether oxygens (including phenoxy) is 1. The van der Waals surface area contributed by atoms with Crippen LogP contribution < -0.4 is 5.32 Å². The van der Waals surface area contributed by atoms with Gasteiger partial charge in [0.25, 0.3) is 5.91 Å². The number of nitrogens with zero attached hydrogens (tertiary/aromatic N) is 1. The minimum Gasteiger partial charge on any atom is -0.452 e. The number of pyridine rings is 1. The third-order valence-electron chi connectivity index (χ3n) is 6.10. The van der Waals surface area contributed by atoms with Crippen LogP contribution in [0.25, 0.3) is 21.5 Å². The van der Waals surface area contributed by atoms with Crippen molar-refractivity contribution >= 4 is 34.1 Å². The van der Waals surface area contributed by atoms with Gasteiger partial charge in [0.1, 0.15) is 0 Å². The lowest BCUT2D eigenvalue weighted by atomic mass is 9.78. The van der Waals surface area contributed by atoms with E-state index in [0.717, 1.165) is 34.3 Å². The molecular formula is C24H26N2O3S. The Bertz CT molecular complexity index is 1050. The number of rotatable bonds is 5. The molecule has 156 valence electrons. The summed E-state index contributed by atoms with van der Waals surface area (Å²) in [5.41, 5.74) is 1.88. The molecule has 1 N–H and O–H groups in total. The van der Waals surface area contributed by atoms with Crippen LogP contribution in [0.4, 0.5) is 0 Å². The van der Waals surface area contributed by atoms with Gasteiger partial charge >= 0.3 is 5.97 Å². The maximum atomic E-state index is 12.9. The van der Waals surface area contributed by atoms with Crippen LogP contribution in [0.5, 0.6) is 0 Å². The summed E-state index contributed by atoms with van der Waals surface area (Å²) in [6.45, 7) is 4.13. The predicted octanol–water partition coefficient (Wildman–Crippen LogP) is 5.06. The molecule has 2 aromatic heterocycles. The Labute approximate surface area is 180 Å². The molecule has 0 saturated heterocycles. The van der Waals surface area contributed by atoms with E-state index in [4.69, 9.17) is 4.74 Å². The molecule has 5 nitrogen and oxygen atoms in total. The van der Waals surface area contributed by atoms with Crippen molar-refractivity contribution in [3.8, 4) is 10.6 Å². The zero-order valence-corrected chi connectivity index (χ0v) is 18.1. The normalized spacial score (nSPS) is 21.3. The molecule has 1 aromatic carbocycles. The fourth-order valence-corrected chi connectivity index (χ4v) is 4.82. The summed E-state index contributed by atoms with van der Waals surface area (Å²) < 4.78 is 5.40. The summed E-state index contributed by atoms with van der Waals surface area (Å²) >= 11 is 1.56. The highest BCUT2D eigenvalue weighted by Gasteiger charge is 2.28. The molecule has 2 heterocycles. The second-order valence-electron chi connectivity index (χ2n) is 8.07. The molecule has 1 amide bonds. The first-order chi connectivity index (χ1) is 14.5. The molecule has 3 aromatic rings. The number of hydrogen-bond acceptors (Lipinski definition) is 5. The van der Waals surface area contributed by atoms with Crippen LogP contribution in [0.2, 0.25) is 0 Å². The van der Waals surface area contributed by atoms with E-state index in [-0.39, 0.29) is 18.6 Å². The van der Waals surface area contributed by atoms with Gasteiger partial charge in [0.05, 0.1) is 21.7 Å². The molecule has 0 bridgehead atoms. The lowest BCUT2D eigenvalue weighted by Crippen LogP contribution is -2.45. The average molecular weight is 423 g/mol. The highest BCUT2D eigenvalue weighted by Crippen LogP contribution is 2.30. The van der Waals surface area contributed by atoms with E-state index in [0.29, 0.717) is 17.4 Å². The fraction of sp³-hybridized carbons (Fsp3) is 0.375. The summed E-state index contributed by atoms with van der Waals surface area (Å²) in [5, 5.41) is 5.74. The van der Waals surface area contributed by atoms with E-state index in [1.807, 2.05) is 41.8 Å². The van der Waals surface area contributed by atoms with Crippen LogP contribution in [0.1, 0.15) is 43.5 Å². The van der Waals surface area contributed by atoms with Crippen LogP contribution >= 0.6 is 11.3 Å². The number of fused-ring (bicyclic) bond motifs is 1. The molecular weight excluding hydrogens is 396 g/mol. The van der Waals surface area contributed by atoms with Crippen molar-refractivity contribution in [3.63, 3.8) is 0 Å². The molecule has 1 aliphatic carbocycles. The lowest BCUT2D eigenvalue weighted by Gasteiger charge is -2.34. The number of carbonyl (C=O) groups is 2. The first kappa shape index (κ1) is 20.5. The Morgan fingerprint density at radius 2 is 2.00 bits per heavy atom. The third-order valence-corrected chi connectivity index (χ3v) is 6.99. The SMILES string of the molecule is C[C@H]1[C@@H](NC(=O)COC(=O)c2cc(-c3cccs3)nc3ccccc23)CCC[C@@H]1C. The Morgan fingerprint density at radius 1 is 1.17 bits per heavy atom. The molecule has 6 heteroatoms. The van der Waals surface area contributed by atoms with Crippen molar-refractivity contribution in [2.24, 2.45) is 11.8 Å². The van der Waals surface area contributed by atoms with Crippen molar-refractivity contribution < 1.29 is 14.3 Å². The quantitative estimate of drug-likeness (QED) is 0.584. The number of nitrogens with one attached hydrogen (secondary N) is 1. The van der Waals surface area contributed by atoms with E-state index < -0.39 is 5.97 Å². The van der Waals surface area contributed by atoms with Gasteiger partial charge in [-0.15, -0.1) is 11.3 Å². The van der Waals surface area contributed by atoms with E-state index in [2.05, 4.69) is 24.1 Å². The molecule has 1 aliphatic rings. The highest BCUT2D eigenvalue weighted by molar-refractivity contribution is 7.13. The second-order valence-corrected chi connectivity index (χ2v) is 9.01. The number of hydrogen-bond donors (Lipinski definition) is 1. The van der Waals surface area contributed by atoms with Gasteiger partial charge in [-0.2, -0.15) is 0 Å². The van der Waals surface area contributed by atoms with Crippen LogP contribution in [-0.2, 0) is 9.53 Å². The van der Waals surface area contributed by atoms with Gasteiger partial charge in [-0.1, -0.05) is 51.0 Å². The number of carbonyl (C=O) groups excluding carboxylic acids is 2. The molecule has 0 aliphatic heterocycles. The van der Waals surface area contributed by atoms with Gasteiger partial charge in [-0.05, 0) is 41.8 Å². The molecule has 0 radical (unpaired) electrons. The van der Waals surface area contributed by atoms with Crippen molar-refractivity contribution in [1.82, 2.24) is 10.3 Å². The number of benzene rings is 1. The van der Waals surface area contributed by atoms with E-state index in [9.17, 15) is 9.59 Å². The van der Waals surface area contributed by atoms with E-state index in [1.54, 1.807) is 17.4 Å². The fourth-order valence-electron chi connectivity index (χ4n) is 4.14. The smallest absolute Gasteiger partial charge is 0.339 e. The number of para-hydroxylation sites is 1. The number of aromatic nitrogens is 1. The van der Waals surface area contributed by atoms with Crippen LogP contribution in [0, 0.1) is 11.8 Å². The maximum absolute atomic E-state index is 12.9. The molecule has 1 saturated carbocycles. The van der Waals surface area contributed by atoms with Gasteiger partial charge in [-0.25, -0.2) is 9.78 Å². The van der Waals surface area contributed by atoms with Crippen molar-refractivity contribution in [2.75, 3.05) is 6.61 Å². The first-order valence-corrected chi connectivity index (χ1v) is 11.3. The van der Waals surface area contributed by atoms with Gasteiger partial charge in [0.15, 0.2) is 6.61 Å². The van der Waals surface area contributed by atoms with Crippen LogP contribution in [0.3, 0.4) is 0 Å². The summed E-state index contributed by atoms with van der Waals surface area (Å²) in [4.78, 5) is 30.9. The zero-order chi connectivity index (χ0) is 21.1. The van der Waals surface area contributed by atoms with Crippen LogP contribution in [0.15, 0.2) is 47.8 Å². The Kier molecular flexibility index (Phi) is 6.13. The van der Waals surface area contributed by atoms with E-state index in [1.165, 1.54) is 6.42 Å². The molecule has 3 atom stereocenters. The lowest BCUT2D eigenvalue weighted by molar-refractivity contribution is -0.125. The maximum Gasteiger partial charge on any atom is 0.339 e. The van der Waals surface area contributed by atoms with Gasteiger partial charge in [-0.3, -0.25) is 4.79 Å². The summed E-state index contributed by atoms with van der Waals surface area (Å²) in [6, 6.07) is 13.3. The molecule has 1 fully saturated rings. The first-order valence-electron chi connectivity index (χ1n) is 10.4. The minimum absolute atomic E-state index is 0.145. The molecule has 0 spiro atoms. The number of amides is 1. The standard InChI is InChI=1S/C24H26N2O3S/c1-15-7-5-10-19(16(15)2)26-23(27)14-29-24(28)18-13-21(22-11-6-12-30-22)25-20-9-4-3-8-17(18)20/h3-4,6,8-9,11-13,15-16,19H,5,7,10,14H2,1-2H3,(H,26,27)/t15-,16+,19-/m0/s1. The van der Waals surface area contributed by atoms with E-state index >= 15 is 0 Å². The monoisotopic (exact) mass is 422 g/mol. The largest absolute Gasteiger partial charge is 0.452 e. The molecule has 4 rings (SSSR count). The van der Waals surface area contributed by atoms with Crippen molar-refractivity contribution in [2.45, 2.75) is 39.2 Å². The van der Waals surface area contributed by atoms with Crippen molar-refractivity contribution in [1.29, 1.82) is 0 Å². The summed E-state index contributed by atoms with van der Waals surface area (Å²) in [6.07, 6.45) is 3.29. The highest BCUT2D eigenvalue weighted by atomic mass is 32.1. The number of thiophene rings is 1.